The topological polar surface area (TPSA) is 271 Å². The number of carbonyl (C=O) groups is 1. The van der Waals surface area contributed by atoms with Crippen LogP contribution in [0.5, 0.6) is 0 Å². The third-order valence-electron chi connectivity index (χ3n) is 16.4. The Labute approximate surface area is 432 Å². The minimum atomic E-state index is -3.94. The van der Waals surface area contributed by atoms with Gasteiger partial charge < -0.3 is 63.8 Å². The summed E-state index contributed by atoms with van der Waals surface area (Å²) in [5.41, 5.74) is -3.52. The zero-order valence-corrected chi connectivity index (χ0v) is 46.2. The molecule has 73 heavy (non-hydrogen) atoms. The molecule has 7 N–H and O–H groups in total. The molecule has 1 unspecified atom stereocenters. The molecular weight excluding hydrogens is 972 g/mol. The maximum Gasteiger partial charge on any atom is 0.309 e. The number of esters is 1. The first kappa shape index (κ1) is 61.0. The molecule has 22 heteroatoms. The molecule has 3 aliphatic rings. The Morgan fingerprint density at radius 1 is 1.00 bits per heavy atom. The van der Waals surface area contributed by atoms with Gasteiger partial charge in [0.2, 0.25) is 10.0 Å². The first-order valence-corrected chi connectivity index (χ1v) is 27.2. The first-order chi connectivity index (χ1) is 34.0. The molecule has 4 heterocycles. The number of aliphatic hydroxyl groups is 5. The lowest BCUT2D eigenvalue weighted by Crippen LogP contribution is -2.62. The van der Waals surface area contributed by atoms with E-state index in [4.69, 9.17) is 33.6 Å². The lowest BCUT2D eigenvalue weighted by atomic mass is 9.68. The largest absolute Gasteiger partial charge is 0.459 e. The van der Waals surface area contributed by atoms with Crippen LogP contribution in [0.1, 0.15) is 118 Å². The van der Waals surface area contributed by atoms with E-state index in [0.717, 1.165) is 0 Å². The van der Waals surface area contributed by atoms with Gasteiger partial charge in [0.05, 0.1) is 52.1 Å². The van der Waals surface area contributed by atoms with E-state index >= 15 is 0 Å². The van der Waals surface area contributed by atoms with Crippen molar-refractivity contribution >= 4 is 16.0 Å². The van der Waals surface area contributed by atoms with Crippen LogP contribution in [0.2, 0.25) is 0 Å². The van der Waals surface area contributed by atoms with Crippen molar-refractivity contribution in [2.45, 2.75) is 202 Å². The predicted octanol–water partition coefficient (Wildman–Crippen LogP) is 2.92. The molecule has 1 aromatic carbocycles. The highest BCUT2D eigenvalue weighted by atomic mass is 32.2. The summed E-state index contributed by atoms with van der Waals surface area (Å²) in [7, 11) is 2.67. The van der Waals surface area contributed by atoms with Crippen molar-refractivity contribution in [3.05, 3.63) is 41.7 Å². The van der Waals surface area contributed by atoms with E-state index in [1.807, 2.05) is 44.7 Å². The van der Waals surface area contributed by atoms with E-state index in [1.54, 1.807) is 47.7 Å². The van der Waals surface area contributed by atoms with Crippen LogP contribution in [0.15, 0.2) is 35.4 Å². The quantitative estimate of drug-likeness (QED) is 0.140. The highest BCUT2D eigenvalue weighted by molar-refractivity contribution is 7.89. The number of primary sulfonamides is 1. The summed E-state index contributed by atoms with van der Waals surface area (Å²) in [5, 5.41) is 73.9. The van der Waals surface area contributed by atoms with Crippen molar-refractivity contribution in [3.63, 3.8) is 0 Å². The van der Waals surface area contributed by atoms with E-state index in [-0.39, 0.29) is 30.1 Å². The Morgan fingerprint density at radius 2 is 1.64 bits per heavy atom. The monoisotopic (exact) mass is 1060 g/mol. The number of alkyl halides is 1. The van der Waals surface area contributed by atoms with Gasteiger partial charge in [0.1, 0.15) is 48.8 Å². The summed E-state index contributed by atoms with van der Waals surface area (Å²) in [6, 6.07) is 3.65. The molecule has 1 aromatic heterocycles. The zero-order chi connectivity index (χ0) is 54.7. The molecule has 3 saturated heterocycles. The number of nitrogens with zero attached hydrogens (tertiary/aromatic N) is 5. The lowest BCUT2D eigenvalue weighted by Gasteiger charge is -2.51. The predicted molar refractivity (Wildman–Crippen MR) is 268 cm³/mol. The summed E-state index contributed by atoms with van der Waals surface area (Å²) in [5.74, 6) is -3.35. The molecule has 3 aliphatic heterocycles. The molecule has 20 atom stereocenters. The first-order valence-electron chi connectivity index (χ1n) is 25.7. The van der Waals surface area contributed by atoms with Crippen molar-refractivity contribution < 1.29 is 71.6 Å². The van der Waals surface area contributed by atoms with Gasteiger partial charge in [0, 0.05) is 64.3 Å². The molecule has 5 rings (SSSR count). The van der Waals surface area contributed by atoms with Gasteiger partial charge in [-0.1, -0.05) is 45.0 Å². The van der Waals surface area contributed by atoms with Gasteiger partial charge in [-0.3, -0.25) is 4.79 Å². The average Bonchev–Trinajstić information content (AvgIpc) is 3.80. The minimum absolute atomic E-state index is 0.0905. The number of halogens is 1. The molecular formula is C51H87FN6O14S. The Kier molecular flexibility index (Phi) is 20.6. The Hall–Kier alpha value is -2.81. The Bertz CT molecular complexity index is 2190. The van der Waals surface area contributed by atoms with E-state index in [2.05, 4.69) is 10.3 Å². The van der Waals surface area contributed by atoms with Gasteiger partial charge >= 0.3 is 5.97 Å². The van der Waals surface area contributed by atoms with Crippen LogP contribution in [0.4, 0.5) is 4.39 Å². The SMILES string of the molecule is CC[C@H]1OC(=O)[C@H](C)C([C@H]2C[C@@](C)(OC)[C@@H](O)[C@H](C)O2)[C@H](C)[C@@H](O[C@@H]2O[C@H](C)C[C@H](N(C)CCc3cn([C@H](CF)[C@H](OC)c4ccc(S(N)(=O)=O)cc4)nn3)[C@H]2O)[C@](C)(O)C[C@@H](C)CN(C)[C@H](C)[C@@H](O)[C@]1(C)O. The Morgan fingerprint density at radius 3 is 2.22 bits per heavy atom. The molecule has 0 radical (unpaired) electrons. The van der Waals surface area contributed by atoms with Crippen LogP contribution in [0.3, 0.4) is 0 Å². The average molecular weight is 1060 g/mol. The van der Waals surface area contributed by atoms with Gasteiger partial charge in [0.25, 0.3) is 0 Å². The molecule has 0 spiro atoms. The van der Waals surface area contributed by atoms with Gasteiger partial charge in [-0.15, -0.1) is 5.10 Å². The molecule has 0 aliphatic carbocycles. The van der Waals surface area contributed by atoms with Crippen molar-refractivity contribution in [1.29, 1.82) is 0 Å². The standard InChI is InChI=1S/C51H87FN6O14S/c1-15-40-51(10,64)44(60)32(6)57(12)26-28(2)23-49(8,63)46(30(4)41(31(5)47(62)71-40)39-24-50(9,68-14)45(61)33(7)70-39)72-48-42(59)37(22-29(3)69-48)56(11)21-20-35-27-58(55-54-35)38(25-52)43(67-13)34-16-18-36(19-17-34)73(53,65)66/h16-19,27-33,37-46,48,59-61,63-64H,15,20-26H2,1-14H3,(H2,53,65,66)/t28-,29-,30+,31-,32-,33+,37+,38-,39-,40-,41?,42-,43-,44-,45+,46-,48+,49-,50-,51-/m1/s1. The summed E-state index contributed by atoms with van der Waals surface area (Å²) in [6.45, 7) is 17.6. The number of benzene rings is 1. The summed E-state index contributed by atoms with van der Waals surface area (Å²) in [6.07, 6.45) is -6.88. The van der Waals surface area contributed by atoms with Crippen molar-refractivity contribution in [2.75, 3.05) is 48.1 Å². The number of sulfonamides is 1. The second kappa shape index (κ2) is 24.7. The number of likely N-dealkylation sites (N-methyl/N-ethyl adjacent to an activating group) is 2. The van der Waals surface area contributed by atoms with Crippen molar-refractivity contribution in [1.82, 2.24) is 24.8 Å². The lowest BCUT2D eigenvalue weighted by molar-refractivity contribution is -0.302. The fourth-order valence-corrected chi connectivity index (χ4v) is 12.4. The van der Waals surface area contributed by atoms with E-state index < -0.39 is 137 Å². The van der Waals surface area contributed by atoms with Gasteiger partial charge in [-0.2, -0.15) is 0 Å². The number of nitrogens with two attached hydrogens (primary N) is 1. The molecule has 0 bridgehead atoms. The number of methoxy groups -OCH3 is 2. The maximum atomic E-state index is 14.7. The van der Waals surface area contributed by atoms with Crippen LogP contribution in [0.25, 0.3) is 0 Å². The van der Waals surface area contributed by atoms with Gasteiger partial charge in [0.15, 0.2) is 6.29 Å². The smallest absolute Gasteiger partial charge is 0.309 e. The number of rotatable bonds is 15. The zero-order valence-electron chi connectivity index (χ0n) is 45.4. The molecule has 2 aromatic rings. The minimum Gasteiger partial charge on any atom is -0.459 e. The highest BCUT2D eigenvalue weighted by Crippen LogP contribution is 2.45. The van der Waals surface area contributed by atoms with Crippen LogP contribution in [-0.2, 0) is 49.7 Å². The van der Waals surface area contributed by atoms with Crippen LogP contribution < -0.4 is 5.14 Å². The van der Waals surface area contributed by atoms with Gasteiger partial charge in [-0.05, 0) is 104 Å². The fourth-order valence-electron chi connectivity index (χ4n) is 11.9. The van der Waals surface area contributed by atoms with Crippen LogP contribution >= 0.6 is 0 Å². The fraction of sp³-hybridized carbons (Fsp3) is 0.824. The van der Waals surface area contributed by atoms with E-state index in [1.165, 1.54) is 50.1 Å². The van der Waals surface area contributed by atoms with Gasteiger partial charge in [-0.25, -0.2) is 22.6 Å². The Balaban J connectivity index is 1.45. The third kappa shape index (κ3) is 13.8. The number of carbonyl (C=O) groups excluding carboxylic acids is 1. The maximum absolute atomic E-state index is 14.7. The second-order valence-corrected chi connectivity index (χ2v) is 23.8. The number of hydrogen-bond acceptors (Lipinski definition) is 18. The molecule has 20 nitrogen and oxygen atoms in total. The summed E-state index contributed by atoms with van der Waals surface area (Å²) >= 11 is 0. The normalized spacial score (nSPS) is 39.9. The number of cyclic esters (lactones) is 1. The molecule has 0 saturated carbocycles. The summed E-state index contributed by atoms with van der Waals surface area (Å²) in [4.78, 5) is 18.4. The van der Waals surface area contributed by atoms with Crippen LogP contribution in [-0.4, -0.2) is 197 Å². The van der Waals surface area contributed by atoms with E-state index in [9.17, 15) is 43.1 Å². The third-order valence-corrected chi connectivity index (χ3v) is 17.3. The number of ether oxygens (including phenoxy) is 6. The number of aromatic nitrogens is 3. The molecule has 0 amide bonds. The summed E-state index contributed by atoms with van der Waals surface area (Å²) < 4.78 is 77.5. The van der Waals surface area contributed by atoms with Crippen LogP contribution in [0, 0.1) is 23.7 Å². The van der Waals surface area contributed by atoms with Crippen molar-refractivity contribution in [3.8, 4) is 0 Å². The second-order valence-electron chi connectivity index (χ2n) is 22.2. The molecule has 3 fully saturated rings. The number of aliphatic hydroxyl groups excluding tert-OH is 3. The van der Waals surface area contributed by atoms with E-state index in [0.29, 0.717) is 37.2 Å². The highest BCUT2D eigenvalue weighted by Gasteiger charge is 2.55. The van der Waals surface area contributed by atoms with Crippen molar-refractivity contribution in [2.24, 2.45) is 28.8 Å². The molecule has 418 valence electrons. The number of hydrogen-bond donors (Lipinski definition) is 6.